The summed E-state index contributed by atoms with van der Waals surface area (Å²) in [5.41, 5.74) is 0.501. The van der Waals surface area contributed by atoms with Crippen molar-refractivity contribution in [2.45, 2.75) is 51.5 Å². The Balaban J connectivity index is 1.93. The highest BCUT2D eigenvalue weighted by atomic mass is 32.3. The van der Waals surface area contributed by atoms with E-state index in [0.717, 1.165) is 5.69 Å². The third-order valence-corrected chi connectivity index (χ3v) is 5.23. The largest absolute Gasteiger partial charge is 0.436 e. The minimum Gasteiger partial charge on any atom is -0.436 e. The van der Waals surface area contributed by atoms with Crippen LogP contribution in [0.25, 0.3) is 0 Å². The molecule has 1 aromatic rings. The predicted molar refractivity (Wildman–Crippen MR) is 113 cm³/mol. The number of alkyl carbamates (subject to hydrolysis) is 1. The summed E-state index contributed by atoms with van der Waals surface area (Å²) >= 11 is -5.10. The number of anilines is 1. The van der Waals surface area contributed by atoms with E-state index in [2.05, 4.69) is 5.32 Å². The van der Waals surface area contributed by atoms with E-state index in [-0.39, 0.29) is 11.5 Å². The number of benzene rings is 1. The van der Waals surface area contributed by atoms with E-state index >= 15 is 0 Å². The Morgan fingerprint density at radius 1 is 1.17 bits per heavy atom. The van der Waals surface area contributed by atoms with Gasteiger partial charge in [0.25, 0.3) is 5.91 Å². The highest BCUT2D eigenvalue weighted by Crippen LogP contribution is 2.56. The molecule has 2 amide bonds. The van der Waals surface area contributed by atoms with E-state index in [0.29, 0.717) is 32.6 Å². The Bertz CT molecular complexity index is 745. The van der Waals surface area contributed by atoms with Crippen molar-refractivity contribution in [2.24, 2.45) is 0 Å². The third kappa shape index (κ3) is 7.62. The van der Waals surface area contributed by atoms with Gasteiger partial charge in [0, 0.05) is 37.4 Å². The highest BCUT2D eigenvalue weighted by Gasteiger charge is 2.30. The van der Waals surface area contributed by atoms with Gasteiger partial charge in [-0.3, -0.25) is 4.79 Å². The first-order valence-electron chi connectivity index (χ1n) is 9.89. The lowest BCUT2D eigenvalue weighted by atomic mass is 10.1. The van der Waals surface area contributed by atoms with Gasteiger partial charge in [0.1, 0.15) is 0 Å². The minimum atomic E-state index is -5.10. The first-order valence-corrected chi connectivity index (χ1v) is 11.4. The molecule has 30 heavy (non-hydrogen) atoms. The second-order valence-electron chi connectivity index (χ2n) is 8.31. The second kappa shape index (κ2) is 9.80. The molecule has 0 saturated carbocycles. The number of halogens is 3. The van der Waals surface area contributed by atoms with Gasteiger partial charge < -0.3 is 19.9 Å². The molecule has 1 aliphatic rings. The number of nitrogens with one attached hydrogen (secondary N) is 1. The predicted octanol–water partition coefficient (Wildman–Crippen LogP) is 4.60. The van der Waals surface area contributed by atoms with E-state index in [4.69, 9.17) is 4.74 Å². The van der Waals surface area contributed by atoms with Crippen LogP contribution in [0.2, 0.25) is 0 Å². The fraction of sp³-hybridized carbons (Fsp3) is 0.600. The molecule has 1 N–H and O–H groups in total. The Kier molecular flexibility index (Phi) is 7.90. The highest BCUT2D eigenvalue weighted by molar-refractivity contribution is 8.20. The van der Waals surface area contributed by atoms with E-state index in [1.54, 1.807) is 30.0 Å². The number of hydrogen-bond donors (Lipinski definition) is 1. The summed E-state index contributed by atoms with van der Waals surface area (Å²) in [6.07, 6.45) is -1.14. The summed E-state index contributed by atoms with van der Waals surface area (Å²) in [7, 11) is 0. The van der Waals surface area contributed by atoms with Crippen molar-refractivity contribution in [2.75, 3.05) is 31.1 Å². The van der Waals surface area contributed by atoms with Crippen LogP contribution in [0.3, 0.4) is 0 Å². The molecular weight excluding hydrogens is 419 g/mol. The molecule has 1 aliphatic heterocycles. The van der Waals surface area contributed by atoms with Crippen molar-refractivity contribution < 1.29 is 26.0 Å². The van der Waals surface area contributed by atoms with Crippen LogP contribution in [0.1, 0.15) is 39.7 Å². The van der Waals surface area contributed by atoms with Gasteiger partial charge in [-0.05, 0) is 44.9 Å². The van der Waals surface area contributed by atoms with Crippen LogP contribution in [0.5, 0.6) is 0 Å². The van der Waals surface area contributed by atoms with Gasteiger partial charge in [0.05, 0.1) is 5.75 Å². The smallest absolute Gasteiger partial charge is 0.408 e. The van der Waals surface area contributed by atoms with Crippen molar-refractivity contribution in [1.82, 2.24) is 10.2 Å². The summed E-state index contributed by atoms with van der Waals surface area (Å²) in [4.78, 5) is 28.4. The van der Waals surface area contributed by atoms with Crippen LogP contribution < -0.4 is 10.2 Å². The number of amides is 2. The van der Waals surface area contributed by atoms with Crippen molar-refractivity contribution in [3.05, 3.63) is 29.8 Å². The monoisotopic (exact) mass is 449 g/mol. The molecule has 1 saturated heterocycles. The van der Waals surface area contributed by atoms with Crippen molar-refractivity contribution in [3.8, 4) is 0 Å². The number of carbonyl (C=O) groups is 2. The summed E-state index contributed by atoms with van der Waals surface area (Å²) in [6, 6.07) is 6.45. The second-order valence-corrected chi connectivity index (χ2v) is 9.60. The van der Waals surface area contributed by atoms with Crippen LogP contribution in [0, 0.1) is 0 Å². The van der Waals surface area contributed by atoms with Gasteiger partial charge in [0.15, 0.2) is 6.10 Å². The quantitative estimate of drug-likeness (QED) is 0.690. The van der Waals surface area contributed by atoms with E-state index in [9.17, 15) is 21.2 Å². The lowest BCUT2D eigenvalue weighted by Gasteiger charge is -2.37. The van der Waals surface area contributed by atoms with Crippen LogP contribution >= 0.6 is 11.2 Å². The molecule has 170 valence electrons. The number of ether oxygens (including phenoxy) is 1. The molecular formula is C20H30F3N3O3S. The molecule has 0 spiro atoms. The number of nitrogens with zero attached hydrogens (tertiary/aromatic N) is 2. The number of piperazine rings is 1. The van der Waals surface area contributed by atoms with E-state index in [1.807, 2.05) is 25.7 Å². The van der Waals surface area contributed by atoms with Gasteiger partial charge in [0.2, 0.25) is 11.2 Å². The summed E-state index contributed by atoms with van der Waals surface area (Å²) in [5, 5.41) is 2.67. The number of carbonyl (C=O) groups excluding carboxylic acids is 2. The first-order chi connectivity index (χ1) is 13.9. The first kappa shape index (κ1) is 24.2. The van der Waals surface area contributed by atoms with Crippen molar-refractivity contribution in [1.29, 1.82) is 0 Å². The molecule has 1 heterocycles. The molecule has 10 heteroatoms. The molecule has 1 atom stereocenters. The van der Waals surface area contributed by atoms with Gasteiger partial charge >= 0.3 is 6.09 Å². The molecule has 1 fully saturated rings. The van der Waals surface area contributed by atoms with Crippen LogP contribution in [-0.4, -0.2) is 54.7 Å². The zero-order valence-corrected chi connectivity index (χ0v) is 18.6. The Morgan fingerprint density at radius 2 is 1.80 bits per heavy atom. The Labute approximate surface area is 177 Å². The average Bonchev–Trinajstić information content (AvgIpc) is 2.63. The average molecular weight is 450 g/mol. The molecule has 2 rings (SSSR count). The summed E-state index contributed by atoms with van der Waals surface area (Å²) in [6.45, 7) is 9.06. The molecule has 0 unspecified atom stereocenters. The molecule has 6 nitrogen and oxygen atoms in total. The topological polar surface area (TPSA) is 61.9 Å². The van der Waals surface area contributed by atoms with Gasteiger partial charge in [-0.15, -0.1) is 11.7 Å². The van der Waals surface area contributed by atoms with Crippen molar-refractivity contribution >= 4 is 28.9 Å². The maximum absolute atomic E-state index is 12.8. The fourth-order valence-corrected chi connectivity index (χ4v) is 3.75. The maximum Gasteiger partial charge on any atom is 0.408 e. The lowest BCUT2D eigenvalue weighted by Crippen LogP contribution is -2.53. The van der Waals surface area contributed by atoms with Gasteiger partial charge in [-0.2, -0.15) is 0 Å². The van der Waals surface area contributed by atoms with Crippen molar-refractivity contribution in [3.63, 3.8) is 0 Å². The minimum absolute atomic E-state index is 0.248. The number of hydrogen-bond acceptors (Lipinski definition) is 4. The zero-order valence-electron chi connectivity index (χ0n) is 17.8. The summed E-state index contributed by atoms with van der Waals surface area (Å²) < 4.78 is 43.5. The van der Waals surface area contributed by atoms with Gasteiger partial charge in [-0.1, -0.05) is 19.1 Å². The Morgan fingerprint density at radius 3 is 2.33 bits per heavy atom. The number of rotatable bonds is 6. The summed E-state index contributed by atoms with van der Waals surface area (Å²) in [5.74, 6) is -1.14. The van der Waals surface area contributed by atoms with Crippen LogP contribution in [-0.2, 0) is 15.3 Å². The molecule has 0 aliphatic carbocycles. The molecule has 0 radical (unpaired) electrons. The van der Waals surface area contributed by atoms with E-state index < -0.39 is 34.7 Å². The zero-order chi connectivity index (χ0) is 22.5. The van der Waals surface area contributed by atoms with E-state index in [1.165, 1.54) is 6.07 Å². The normalized spacial score (nSPS) is 16.8. The lowest BCUT2D eigenvalue weighted by molar-refractivity contribution is -0.140. The maximum atomic E-state index is 12.8. The fourth-order valence-electron chi connectivity index (χ4n) is 3.19. The molecule has 1 aromatic carbocycles. The Hall–Kier alpha value is -2.10. The van der Waals surface area contributed by atoms with Gasteiger partial charge in [-0.25, -0.2) is 4.79 Å². The molecule has 0 bridgehead atoms. The van der Waals surface area contributed by atoms with Crippen LogP contribution in [0.15, 0.2) is 24.3 Å². The third-order valence-electron chi connectivity index (χ3n) is 4.57. The SMILES string of the molecule is CC[C@@H](OC(=O)NC(C)(C)C)C(=O)N1CCN(c2cccc(CS(F)(F)F)c2)CC1. The van der Waals surface area contributed by atoms with Crippen LogP contribution in [0.4, 0.5) is 22.1 Å². The molecule has 0 aromatic heterocycles. The standard InChI is InChI=1S/C20H30F3N3O3S/c1-5-17(29-19(28)24-20(2,3)4)18(27)26-11-9-25(10-12-26)16-8-6-7-15(13-16)14-30(21,22)23/h6-8,13,17H,5,9-12,14H2,1-4H3,(H,24,28)/t17-/m1/s1.